The third kappa shape index (κ3) is 2.62. The molecule has 2 saturated heterocycles. The Hall–Kier alpha value is -0.910. The minimum absolute atomic E-state index is 0.251. The Morgan fingerprint density at radius 1 is 1.30 bits per heavy atom. The van der Waals surface area contributed by atoms with Crippen LogP contribution in [0.15, 0.2) is 28.7 Å². The number of rotatable bonds is 3. The predicted molar refractivity (Wildman–Crippen MR) is 82.2 cm³/mol. The lowest BCUT2D eigenvalue weighted by Gasteiger charge is -2.41. The maximum atomic E-state index is 11.7. The number of hydrogen-bond acceptors (Lipinski definition) is 3. The third-order valence-electron chi connectivity index (χ3n) is 4.44. The van der Waals surface area contributed by atoms with Crippen LogP contribution in [0.1, 0.15) is 24.4 Å². The smallest absolute Gasteiger partial charge is 0.222 e. The summed E-state index contributed by atoms with van der Waals surface area (Å²) in [4.78, 5) is 16.2. The molecule has 0 bridgehead atoms. The van der Waals surface area contributed by atoms with Crippen LogP contribution >= 0.6 is 15.9 Å². The van der Waals surface area contributed by atoms with E-state index in [0.29, 0.717) is 24.9 Å². The van der Waals surface area contributed by atoms with Crippen LogP contribution < -0.4 is 5.73 Å². The fraction of sp³-hybridized carbons (Fsp3) is 0.533. The lowest BCUT2D eigenvalue weighted by molar-refractivity contribution is -0.131. The van der Waals surface area contributed by atoms with Gasteiger partial charge in [-0.05, 0) is 24.1 Å². The lowest BCUT2D eigenvalue weighted by Crippen LogP contribution is -2.53. The van der Waals surface area contributed by atoms with E-state index in [2.05, 4.69) is 45.1 Å². The maximum absolute atomic E-state index is 11.7. The first-order valence-electron chi connectivity index (χ1n) is 7.18. The molecule has 0 radical (unpaired) electrons. The summed E-state index contributed by atoms with van der Waals surface area (Å²) in [6.07, 6.45) is 1.71. The number of nitrogens with two attached hydrogens (primary N) is 1. The first-order chi connectivity index (χ1) is 9.69. The van der Waals surface area contributed by atoms with Crippen molar-refractivity contribution in [3.8, 4) is 0 Å². The Morgan fingerprint density at radius 3 is 2.75 bits per heavy atom. The first kappa shape index (κ1) is 14.0. The van der Waals surface area contributed by atoms with E-state index < -0.39 is 0 Å². The molecule has 4 nitrogen and oxygen atoms in total. The van der Waals surface area contributed by atoms with Crippen molar-refractivity contribution in [2.24, 2.45) is 5.73 Å². The number of nitrogens with zero attached hydrogens (tertiary/aromatic N) is 2. The molecule has 0 aliphatic carbocycles. The molecule has 0 saturated carbocycles. The minimum atomic E-state index is 0.251. The summed E-state index contributed by atoms with van der Waals surface area (Å²) in [7, 11) is 0. The van der Waals surface area contributed by atoms with E-state index in [1.165, 1.54) is 5.56 Å². The monoisotopic (exact) mass is 337 g/mol. The number of fused-ring (bicyclic) bond motifs is 1. The molecule has 2 heterocycles. The highest BCUT2D eigenvalue weighted by molar-refractivity contribution is 9.10. The largest absolute Gasteiger partial charge is 0.337 e. The second-order valence-electron chi connectivity index (χ2n) is 5.58. The second kappa shape index (κ2) is 5.84. The molecule has 2 unspecified atom stereocenters. The minimum Gasteiger partial charge on any atom is -0.337 e. The summed E-state index contributed by atoms with van der Waals surface area (Å²) in [5.74, 6) is 0.322. The van der Waals surface area contributed by atoms with Crippen molar-refractivity contribution in [1.29, 1.82) is 0 Å². The Labute approximate surface area is 128 Å². The highest BCUT2D eigenvalue weighted by Gasteiger charge is 2.37. The van der Waals surface area contributed by atoms with Gasteiger partial charge in [-0.2, -0.15) is 0 Å². The van der Waals surface area contributed by atoms with Gasteiger partial charge >= 0.3 is 0 Å². The van der Waals surface area contributed by atoms with E-state index >= 15 is 0 Å². The average Bonchev–Trinajstić information content (AvgIpc) is 2.83. The zero-order valence-electron chi connectivity index (χ0n) is 11.5. The summed E-state index contributed by atoms with van der Waals surface area (Å²) in [5.41, 5.74) is 7.26. The van der Waals surface area contributed by atoms with E-state index in [9.17, 15) is 4.79 Å². The molecule has 1 amide bonds. The topological polar surface area (TPSA) is 49.6 Å². The van der Waals surface area contributed by atoms with E-state index in [1.54, 1.807) is 0 Å². The summed E-state index contributed by atoms with van der Waals surface area (Å²) in [6, 6.07) is 9.03. The highest BCUT2D eigenvalue weighted by Crippen LogP contribution is 2.28. The zero-order valence-corrected chi connectivity index (χ0v) is 13.1. The fourth-order valence-electron chi connectivity index (χ4n) is 3.35. The van der Waals surface area contributed by atoms with Crippen molar-refractivity contribution in [3.05, 3.63) is 34.3 Å². The van der Waals surface area contributed by atoms with Gasteiger partial charge in [0.2, 0.25) is 5.91 Å². The van der Waals surface area contributed by atoms with Crippen molar-refractivity contribution in [1.82, 2.24) is 9.80 Å². The van der Waals surface area contributed by atoms with Crippen LogP contribution in [0.2, 0.25) is 0 Å². The normalized spacial score (nSPS) is 24.8. The Morgan fingerprint density at radius 2 is 2.05 bits per heavy atom. The van der Waals surface area contributed by atoms with Crippen molar-refractivity contribution in [2.45, 2.75) is 24.9 Å². The molecule has 1 aromatic rings. The SMILES string of the molecule is NCC(c1ccc(Br)cc1)N1CCN2C(=O)CCC2C1. The molecule has 3 rings (SSSR count). The molecule has 2 N–H and O–H groups in total. The Kier molecular flexibility index (Phi) is 4.10. The quantitative estimate of drug-likeness (QED) is 0.914. The second-order valence-corrected chi connectivity index (χ2v) is 6.49. The molecule has 0 aromatic heterocycles. The molecular formula is C15H20BrN3O. The van der Waals surface area contributed by atoms with E-state index in [1.807, 2.05) is 4.90 Å². The van der Waals surface area contributed by atoms with Gasteiger partial charge in [0, 0.05) is 49.2 Å². The molecule has 20 heavy (non-hydrogen) atoms. The Bertz CT molecular complexity index is 490. The van der Waals surface area contributed by atoms with Crippen LogP contribution in [-0.4, -0.2) is 47.9 Å². The van der Waals surface area contributed by atoms with Gasteiger partial charge in [-0.25, -0.2) is 0 Å². The van der Waals surface area contributed by atoms with Crippen LogP contribution in [0.3, 0.4) is 0 Å². The molecule has 2 aliphatic heterocycles. The van der Waals surface area contributed by atoms with Gasteiger partial charge in [-0.15, -0.1) is 0 Å². The summed E-state index contributed by atoms with van der Waals surface area (Å²) < 4.78 is 1.09. The molecule has 2 aliphatic rings. The molecule has 2 atom stereocenters. The van der Waals surface area contributed by atoms with Gasteiger partial charge < -0.3 is 10.6 Å². The van der Waals surface area contributed by atoms with E-state index in [-0.39, 0.29) is 6.04 Å². The van der Waals surface area contributed by atoms with Crippen LogP contribution in [0.5, 0.6) is 0 Å². The standard InChI is InChI=1S/C15H20BrN3O/c16-12-3-1-11(2-4-12)14(9-17)18-7-8-19-13(10-18)5-6-15(19)20/h1-4,13-14H,5-10,17H2. The molecule has 2 fully saturated rings. The van der Waals surface area contributed by atoms with Crippen molar-refractivity contribution < 1.29 is 4.79 Å². The van der Waals surface area contributed by atoms with Crippen molar-refractivity contribution in [3.63, 3.8) is 0 Å². The maximum Gasteiger partial charge on any atom is 0.222 e. The fourth-order valence-corrected chi connectivity index (χ4v) is 3.62. The molecular weight excluding hydrogens is 318 g/mol. The van der Waals surface area contributed by atoms with Gasteiger partial charge in [0.15, 0.2) is 0 Å². The summed E-state index contributed by atoms with van der Waals surface area (Å²) in [5, 5.41) is 0. The summed E-state index contributed by atoms with van der Waals surface area (Å²) in [6.45, 7) is 3.32. The Balaban J connectivity index is 1.74. The van der Waals surface area contributed by atoms with Crippen LogP contribution in [-0.2, 0) is 4.79 Å². The van der Waals surface area contributed by atoms with E-state index in [4.69, 9.17) is 5.73 Å². The van der Waals surface area contributed by atoms with Crippen LogP contribution in [0, 0.1) is 0 Å². The average molecular weight is 338 g/mol. The molecule has 1 aromatic carbocycles. The number of benzene rings is 1. The number of piperazine rings is 1. The lowest BCUT2D eigenvalue weighted by atomic mass is 10.0. The van der Waals surface area contributed by atoms with Crippen LogP contribution in [0.4, 0.5) is 0 Å². The highest BCUT2D eigenvalue weighted by atomic mass is 79.9. The first-order valence-corrected chi connectivity index (χ1v) is 7.97. The van der Waals surface area contributed by atoms with Gasteiger partial charge in [0.05, 0.1) is 0 Å². The number of hydrogen-bond donors (Lipinski definition) is 1. The number of halogens is 1. The molecule has 5 heteroatoms. The van der Waals surface area contributed by atoms with Gasteiger partial charge in [-0.3, -0.25) is 9.69 Å². The summed E-state index contributed by atoms with van der Waals surface area (Å²) >= 11 is 3.47. The zero-order chi connectivity index (χ0) is 14.1. The van der Waals surface area contributed by atoms with Crippen molar-refractivity contribution in [2.75, 3.05) is 26.2 Å². The number of amides is 1. The third-order valence-corrected chi connectivity index (χ3v) is 4.97. The van der Waals surface area contributed by atoms with E-state index in [0.717, 1.165) is 30.5 Å². The van der Waals surface area contributed by atoms with Gasteiger partial charge in [-0.1, -0.05) is 28.1 Å². The van der Waals surface area contributed by atoms with Crippen LogP contribution in [0.25, 0.3) is 0 Å². The number of carbonyl (C=O) groups excluding carboxylic acids is 1. The van der Waals surface area contributed by atoms with Gasteiger partial charge in [0.1, 0.15) is 0 Å². The molecule has 0 spiro atoms. The number of carbonyl (C=O) groups is 1. The molecule has 108 valence electrons. The predicted octanol–water partition coefficient (Wildman–Crippen LogP) is 1.76. The van der Waals surface area contributed by atoms with Crippen molar-refractivity contribution >= 4 is 21.8 Å². The van der Waals surface area contributed by atoms with Gasteiger partial charge in [0.25, 0.3) is 0 Å².